The third kappa shape index (κ3) is 3.10. The van der Waals surface area contributed by atoms with Crippen molar-refractivity contribution in [3.8, 4) is 0 Å². The topological polar surface area (TPSA) is 58.3 Å². The van der Waals surface area contributed by atoms with Gasteiger partial charge in [0, 0.05) is 32.4 Å². The summed E-state index contributed by atoms with van der Waals surface area (Å²) in [5.74, 6) is 2.00. The van der Waals surface area contributed by atoms with Gasteiger partial charge in [-0.2, -0.15) is 0 Å². The highest BCUT2D eigenvalue weighted by Crippen LogP contribution is 2.26. The molecular formula is C15H18BrN5. The van der Waals surface area contributed by atoms with Crippen molar-refractivity contribution < 1.29 is 0 Å². The lowest BCUT2D eigenvalue weighted by molar-refractivity contribution is 0.640. The molecule has 1 saturated heterocycles. The van der Waals surface area contributed by atoms with Gasteiger partial charge in [0.05, 0.1) is 16.4 Å². The number of hydrogen-bond acceptors (Lipinski definition) is 5. The second-order valence-electron chi connectivity index (χ2n) is 5.24. The molecular weight excluding hydrogens is 330 g/mol. The predicted molar refractivity (Wildman–Crippen MR) is 89.7 cm³/mol. The highest BCUT2D eigenvalue weighted by molar-refractivity contribution is 9.10. The minimum Gasteiger partial charge on any atom is -0.397 e. The molecule has 2 aromatic rings. The van der Waals surface area contributed by atoms with Crippen molar-refractivity contribution in [2.45, 2.75) is 6.92 Å². The number of anilines is 3. The highest BCUT2D eigenvalue weighted by Gasteiger charge is 2.20. The van der Waals surface area contributed by atoms with E-state index in [1.807, 2.05) is 25.3 Å². The summed E-state index contributed by atoms with van der Waals surface area (Å²) in [5.41, 5.74) is 7.54. The molecule has 1 aliphatic rings. The lowest BCUT2D eigenvalue weighted by atomic mass is 10.2. The van der Waals surface area contributed by atoms with Gasteiger partial charge in [-0.3, -0.25) is 0 Å². The SMILES string of the molecule is Cc1cnc(N2CCN(c3ccc(N)cn3)CC2)c(Br)c1. The minimum absolute atomic E-state index is 0.699. The minimum atomic E-state index is 0.699. The van der Waals surface area contributed by atoms with Crippen LogP contribution in [0.3, 0.4) is 0 Å². The van der Waals surface area contributed by atoms with Crippen LogP contribution in [0.5, 0.6) is 0 Å². The Hall–Kier alpha value is -1.82. The number of nitrogens with two attached hydrogens (primary N) is 1. The number of aryl methyl sites for hydroxylation is 1. The first kappa shape index (κ1) is 14.1. The molecule has 0 aliphatic carbocycles. The van der Waals surface area contributed by atoms with E-state index in [1.54, 1.807) is 6.20 Å². The van der Waals surface area contributed by atoms with Crippen LogP contribution in [0.2, 0.25) is 0 Å². The smallest absolute Gasteiger partial charge is 0.142 e. The van der Waals surface area contributed by atoms with Gasteiger partial charge in [0.2, 0.25) is 0 Å². The zero-order valence-corrected chi connectivity index (χ0v) is 13.5. The van der Waals surface area contributed by atoms with Gasteiger partial charge in [0.1, 0.15) is 11.6 Å². The summed E-state index contributed by atoms with van der Waals surface area (Å²) in [5, 5.41) is 0. The molecule has 0 unspecified atom stereocenters. The Labute approximate surface area is 132 Å². The summed E-state index contributed by atoms with van der Waals surface area (Å²) in [7, 11) is 0. The summed E-state index contributed by atoms with van der Waals surface area (Å²) in [4.78, 5) is 13.5. The number of rotatable bonds is 2. The second kappa shape index (κ2) is 5.89. The van der Waals surface area contributed by atoms with E-state index in [9.17, 15) is 0 Å². The predicted octanol–water partition coefficient (Wildman–Crippen LogP) is 2.46. The van der Waals surface area contributed by atoms with E-state index in [0.29, 0.717) is 5.69 Å². The zero-order valence-electron chi connectivity index (χ0n) is 12.0. The number of aromatic nitrogens is 2. The molecule has 0 radical (unpaired) electrons. The Kier molecular flexibility index (Phi) is 3.96. The number of hydrogen-bond donors (Lipinski definition) is 1. The molecule has 2 N–H and O–H groups in total. The Morgan fingerprint density at radius 2 is 1.76 bits per heavy atom. The van der Waals surface area contributed by atoms with Crippen molar-refractivity contribution in [2.75, 3.05) is 41.7 Å². The fourth-order valence-corrected chi connectivity index (χ4v) is 3.21. The second-order valence-corrected chi connectivity index (χ2v) is 6.10. The fraction of sp³-hybridized carbons (Fsp3) is 0.333. The molecule has 1 aliphatic heterocycles. The Bertz CT molecular complexity index is 620. The monoisotopic (exact) mass is 347 g/mol. The molecule has 0 bridgehead atoms. The van der Waals surface area contributed by atoms with Crippen LogP contribution in [0.15, 0.2) is 35.1 Å². The van der Waals surface area contributed by atoms with Crippen LogP contribution in [0, 0.1) is 6.92 Å². The fourth-order valence-electron chi connectivity index (χ4n) is 2.49. The Morgan fingerprint density at radius 1 is 1.05 bits per heavy atom. The molecule has 3 heterocycles. The van der Waals surface area contributed by atoms with Crippen LogP contribution in [0.1, 0.15) is 5.56 Å². The lowest BCUT2D eigenvalue weighted by Crippen LogP contribution is -2.47. The normalized spacial score (nSPS) is 15.3. The van der Waals surface area contributed by atoms with E-state index in [1.165, 1.54) is 0 Å². The maximum Gasteiger partial charge on any atom is 0.142 e. The average molecular weight is 348 g/mol. The van der Waals surface area contributed by atoms with Gasteiger partial charge in [-0.25, -0.2) is 9.97 Å². The molecule has 3 rings (SSSR count). The van der Waals surface area contributed by atoms with Crippen molar-refractivity contribution in [1.29, 1.82) is 0 Å². The molecule has 110 valence electrons. The van der Waals surface area contributed by atoms with Crippen LogP contribution in [0.25, 0.3) is 0 Å². The summed E-state index contributed by atoms with van der Waals surface area (Å²) in [6.45, 7) is 5.77. The molecule has 21 heavy (non-hydrogen) atoms. The van der Waals surface area contributed by atoms with Crippen LogP contribution in [0.4, 0.5) is 17.3 Å². The third-order valence-corrected chi connectivity index (χ3v) is 4.22. The maximum atomic E-state index is 5.68. The van der Waals surface area contributed by atoms with Gasteiger partial charge in [-0.05, 0) is 46.6 Å². The number of nitrogens with zero attached hydrogens (tertiary/aromatic N) is 4. The first-order valence-corrected chi connectivity index (χ1v) is 7.76. The van der Waals surface area contributed by atoms with Gasteiger partial charge in [-0.1, -0.05) is 0 Å². The van der Waals surface area contributed by atoms with E-state index in [0.717, 1.165) is 47.9 Å². The average Bonchev–Trinajstić information content (AvgIpc) is 2.48. The van der Waals surface area contributed by atoms with Crippen molar-refractivity contribution in [3.05, 3.63) is 40.6 Å². The van der Waals surface area contributed by atoms with Crippen LogP contribution < -0.4 is 15.5 Å². The van der Waals surface area contributed by atoms with E-state index in [4.69, 9.17) is 5.73 Å². The number of piperazine rings is 1. The summed E-state index contributed by atoms with van der Waals surface area (Å²) < 4.78 is 1.06. The van der Waals surface area contributed by atoms with Crippen LogP contribution >= 0.6 is 15.9 Å². The van der Waals surface area contributed by atoms with Crippen LogP contribution in [-0.2, 0) is 0 Å². The molecule has 0 saturated carbocycles. The van der Waals surface area contributed by atoms with Crippen molar-refractivity contribution in [1.82, 2.24) is 9.97 Å². The standard InChI is InChI=1S/C15H18BrN5/c1-11-8-13(16)15(19-9-11)21-6-4-20(5-7-21)14-3-2-12(17)10-18-14/h2-3,8-10H,4-7,17H2,1H3. The first-order valence-electron chi connectivity index (χ1n) is 6.97. The number of halogens is 1. The summed E-state index contributed by atoms with van der Waals surface area (Å²) in [6, 6.07) is 5.98. The van der Waals surface area contributed by atoms with Crippen molar-refractivity contribution in [2.24, 2.45) is 0 Å². The van der Waals surface area contributed by atoms with Gasteiger partial charge < -0.3 is 15.5 Å². The van der Waals surface area contributed by atoms with Gasteiger partial charge in [0.25, 0.3) is 0 Å². The molecule has 1 fully saturated rings. The summed E-state index contributed by atoms with van der Waals surface area (Å²) in [6.07, 6.45) is 3.62. The maximum absolute atomic E-state index is 5.68. The van der Waals surface area contributed by atoms with E-state index in [-0.39, 0.29) is 0 Å². The quantitative estimate of drug-likeness (QED) is 0.904. The van der Waals surface area contributed by atoms with Crippen LogP contribution in [-0.4, -0.2) is 36.1 Å². The highest BCUT2D eigenvalue weighted by atomic mass is 79.9. The van der Waals surface area contributed by atoms with E-state index >= 15 is 0 Å². The third-order valence-electron chi connectivity index (χ3n) is 3.63. The molecule has 6 heteroatoms. The van der Waals surface area contributed by atoms with Crippen molar-refractivity contribution in [3.63, 3.8) is 0 Å². The zero-order chi connectivity index (χ0) is 14.8. The molecule has 0 amide bonds. The lowest BCUT2D eigenvalue weighted by Gasteiger charge is -2.36. The van der Waals surface area contributed by atoms with Gasteiger partial charge >= 0.3 is 0 Å². The molecule has 0 spiro atoms. The van der Waals surface area contributed by atoms with Gasteiger partial charge in [-0.15, -0.1) is 0 Å². The summed E-state index contributed by atoms with van der Waals surface area (Å²) >= 11 is 3.61. The largest absolute Gasteiger partial charge is 0.397 e. The van der Waals surface area contributed by atoms with Crippen molar-refractivity contribution >= 4 is 33.3 Å². The molecule has 5 nitrogen and oxygen atoms in total. The Morgan fingerprint density at radius 3 is 2.38 bits per heavy atom. The first-order chi connectivity index (χ1) is 10.1. The van der Waals surface area contributed by atoms with E-state index < -0.39 is 0 Å². The number of pyridine rings is 2. The van der Waals surface area contributed by atoms with Gasteiger partial charge in [0.15, 0.2) is 0 Å². The molecule has 2 aromatic heterocycles. The number of nitrogen functional groups attached to an aromatic ring is 1. The molecule has 0 aromatic carbocycles. The molecule has 0 atom stereocenters. The Balaban J connectivity index is 1.68. The van der Waals surface area contributed by atoms with E-state index in [2.05, 4.69) is 41.8 Å².